The predicted molar refractivity (Wildman–Crippen MR) is 75.2 cm³/mol. The maximum absolute atomic E-state index is 11.8. The van der Waals surface area contributed by atoms with E-state index in [1.54, 1.807) is 18.8 Å². The van der Waals surface area contributed by atoms with Gasteiger partial charge in [-0.05, 0) is 18.4 Å². The van der Waals surface area contributed by atoms with Gasteiger partial charge in [0.05, 0.1) is 12.2 Å². The van der Waals surface area contributed by atoms with Gasteiger partial charge in [0, 0.05) is 11.9 Å². The van der Waals surface area contributed by atoms with E-state index in [2.05, 4.69) is 5.32 Å². The average molecular weight is 287 g/mol. The van der Waals surface area contributed by atoms with Crippen LogP contribution in [0.15, 0.2) is 29.2 Å². The van der Waals surface area contributed by atoms with E-state index in [4.69, 9.17) is 11.6 Å². The maximum atomic E-state index is 11.8. The molecule has 1 N–H and O–H groups in total. The van der Waals surface area contributed by atoms with Crippen molar-refractivity contribution in [2.75, 3.05) is 31.0 Å². The molecule has 6 heteroatoms. The van der Waals surface area contributed by atoms with Crippen molar-refractivity contribution < 1.29 is 9.59 Å². The molecule has 0 unspecified atom stereocenters. The smallest absolute Gasteiger partial charge is 0.244 e. The Balaban J connectivity index is 2.62. The molecule has 0 atom stereocenters. The third kappa shape index (κ3) is 4.23. The van der Waals surface area contributed by atoms with Crippen molar-refractivity contribution in [3.8, 4) is 0 Å². The van der Waals surface area contributed by atoms with E-state index in [-0.39, 0.29) is 24.2 Å². The Labute approximate surface area is 116 Å². The minimum atomic E-state index is -0.273. The number of thioether (sulfide) groups is 1. The molecule has 2 amide bonds. The highest BCUT2D eigenvalue weighted by molar-refractivity contribution is 7.98. The zero-order valence-corrected chi connectivity index (χ0v) is 11.8. The highest BCUT2D eigenvalue weighted by Crippen LogP contribution is 2.24. The first-order chi connectivity index (χ1) is 8.58. The van der Waals surface area contributed by atoms with Crippen molar-refractivity contribution in [1.82, 2.24) is 4.90 Å². The van der Waals surface area contributed by atoms with Crippen LogP contribution in [-0.4, -0.2) is 42.4 Å². The maximum Gasteiger partial charge on any atom is 0.244 e. The summed E-state index contributed by atoms with van der Waals surface area (Å²) in [6, 6.07) is 7.51. The molecule has 0 spiro atoms. The molecule has 0 aliphatic rings. The van der Waals surface area contributed by atoms with Crippen molar-refractivity contribution in [3.05, 3.63) is 24.3 Å². The molecule has 4 nitrogen and oxygen atoms in total. The first-order valence-corrected chi connectivity index (χ1v) is 7.07. The number of carbonyl (C=O) groups is 2. The molecule has 0 radical (unpaired) electrons. The predicted octanol–water partition coefficient (Wildman–Crippen LogP) is 2.04. The van der Waals surface area contributed by atoms with Crippen molar-refractivity contribution in [2.45, 2.75) is 4.90 Å². The van der Waals surface area contributed by atoms with Gasteiger partial charge in [0.15, 0.2) is 0 Å². The van der Waals surface area contributed by atoms with Crippen molar-refractivity contribution in [3.63, 3.8) is 0 Å². The second-order valence-electron chi connectivity index (χ2n) is 3.63. The minimum Gasteiger partial charge on any atom is -0.335 e. The van der Waals surface area contributed by atoms with Gasteiger partial charge in [-0.25, -0.2) is 0 Å². The summed E-state index contributed by atoms with van der Waals surface area (Å²) in [5, 5.41) is 2.77. The molecule has 18 heavy (non-hydrogen) atoms. The molecule has 0 saturated carbocycles. The molecule has 1 aromatic carbocycles. The molecule has 0 saturated heterocycles. The van der Waals surface area contributed by atoms with Crippen LogP contribution in [0.4, 0.5) is 5.69 Å². The number of halogens is 1. The zero-order chi connectivity index (χ0) is 13.5. The van der Waals surface area contributed by atoms with Gasteiger partial charge in [0.25, 0.3) is 0 Å². The van der Waals surface area contributed by atoms with E-state index in [1.807, 2.05) is 30.5 Å². The second-order valence-corrected chi connectivity index (χ2v) is 4.75. The van der Waals surface area contributed by atoms with E-state index >= 15 is 0 Å². The van der Waals surface area contributed by atoms with E-state index in [1.165, 1.54) is 4.90 Å². The third-order valence-corrected chi connectivity index (χ3v) is 3.33. The Kier molecular flexibility index (Phi) is 6.01. The van der Waals surface area contributed by atoms with E-state index in [0.717, 1.165) is 10.6 Å². The van der Waals surface area contributed by atoms with Gasteiger partial charge in [-0.2, -0.15) is 0 Å². The first kappa shape index (κ1) is 14.9. The first-order valence-electron chi connectivity index (χ1n) is 5.31. The Morgan fingerprint density at radius 3 is 2.67 bits per heavy atom. The lowest BCUT2D eigenvalue weighted by molar-refractivity contribution is -0.131. The second kappa shape index (κ2) is 7.28. The fourth-order valence-electron chi connectivity index (χ4n) is 1.34. The lowest BCUT2D eigenvalue weighted by Gasteiger charge is -2.16. The van der Waals surface area contributed by atoms with Crippen molar-refractivity contribution >= 4 is 40.9 Å². The van der Waals surface area contributed by atoms with Gasteiger partial charge in [-0.15, -0.1) is 23.4 Å². The number of nitrogens with zero attached hydrogens (tertiary/aromatic N) is 1. The van der Waals surface area contributed by atoms with Crippen molar-refractivity contribution in [1.29, 1.82) is 0 Å². The van der Waals surface area contributed by atoms with Gasteiger partial charge >= 0.3 is 0 Å². The standard InChI is InChI=1S/C12H15ClN2O2S/c1-15(12(17)7-13)8-11(16)14-9-5-3-4-6-10(9)18-2/h3-6H,7-8H2,1-2H3,(H,14,16). The molecule has 0 bridgehead atoms. The highest BCUT2D eigenvalue weighted by Gasteiger charge is 2.12. The molecule has 1 rings (SSSR count). The Morgan fingerprint density at radius 1 is 1.39 bits per heavy atom. The summed E-state index contributed by atoms with van der Waals surface area (Å²) in [5.41, 5.74) is 0.752. The SMILES string of the molecule is CSc1ccccc1NC(=O)CN(C)C(=O)CCl. The zero-order valence-electron chi connectivity index (χ0n) is 10.3. The number of likely N-dealkylation sites (N-methyl/N-ethyl adjacent to an activating group) is 1. The van der Waals surface area contributed by atoms with Crippen LogP contribution >= 0.6 is 23.4 Å². The van der Waals surface area contributed by atoms with Crippen LogP contribution in [0.2, 0.25) is 0 Å². The Bertz CT molecular complexity index is 440. The molecular formula is C12H15ClN2O2S. The number of nitrogens with one attached hydrogen (secondary N) is 1. The lowest BCUT2D eigenvalue weighted by Crippen LogP contribution is -2.35. The number of hydrogen-bond donors (Lipinski definition) is 1. The molecule has 0 aliphatic heterocycles. The van der Waals surface area contributed by atoms with Crippen LogP contribution in [0.25, 0.3) is 0 Å². The van der Waals surface area contributed by atoms with Crippen LogP contribution in [-0.2, 0) is 9.59 Å². The largest absolute Gasteiger partial charge is 0.335 e. The molecule has 0 fully saturated rings. The van der Waals surface area contributed by atoms with Crippen LogP contribution in [0.5, 0.6) is 0 Å². The fraction of sp³-hybridized carbons (Fsp3) is 0.333. The quantitative estimate of drug-likeness (QED) is 0.666. The average Bonchev–Trinajstić information content (AvgIpc) is 2.38. The summed E-state index contributed by atoms with van der Waals surface area (Å²) < 4.78 is 0. The molecular weight excluding hydrogens is 272 g/mol. The molecule has 98 valence electrons. The monoisotopic (exact) mass is 286 g/mol. The van der Waals surface area contributed by atoms with Crippen LogP contribution in [0.3, 0.4) is 0 Å². The van der Waals surface area contributed by atoms with Gasteiger partial charge in [0.1, 0.15) is 5.88 Å². The van der Waals surface area contributed by atoms with E-state index in [9.17, 15) is 9.59 Å². The topological polar surface area (TPSA) is 49.4 Å². The number of carbonyl (C=O) groups excluding carboxylic acids is 2. The number of amides is 2. The van der Waals surface area contributed by atoms with Crippen LogP contribution in [0, 0.1) is 0 Å². The van der Waals surface area contributed by atoms with Gasteiger partial charge in [-0.1, -0.05) is 12.1 Å². The lowest BCUT2D eigenvalue weighted by atomic mass is 10.3. The van der Waals surface area contributed by atoms with Gasteiger partial charge in [-0.3, -0.25) is 9.59 Å². The van der Waals surface area contributed by atoms with Crippen LogP contribution in [0.1, 0.15) is 0 Å². The van der Waals surface area contributed by atoms with Gasteiger partial charge < -0.3 is 10.2 Å². The summed E-state index contributed by atoms with van der Waals surface area (Å²) in [7, 11) is 1.55. The number of rotatable bonds is 5. The van der Waals surface area contributed by atoms with E-state index in [0.29, 0.717) is 0 Å². The Hall–Kier alpha value is -1.20. The molecule has 1 aromatic rings. The molecule has 0 aliphatic carbocycles. The Morgan fingerprint density at radius 2 is 2.06 bits per heavy atom. The summed E-state index contributed by atoms with van der Waals surface area (Å²) in [5.74, 6) is -0.631. The molecule has 0 heterocycles. The number of alkyl halides is 1. The molecule has 0 aromatic heterocycles. The summed E-state index contributed by atoms with van der Waals surface area (Å²) in [6.45, 7) is -0.00569. The highest BCUT2D eigenvalue weighted by atomic mass is 35.5. The summed E-state index contributed by atoms with van der Waals surface area (Å²) in [4.78, 5) is 25.3. The minimum absolute atomic E-state index is 0.00569. The van der Waals surface area contributed by atoms with Gasteiger partial charge in [0.2, 0.25) is 11.8 Å². The fourth-order valence-corrected chi connectivity index (χ4v) is 2.10. The normalized spacial score (nSPS) is 9.94. The number of hydrogen-bond acceptors (Lipinski definition) is 3. The third-order valence-electron chi connectivity index (χ3n) is 2.30. The summed E-state index contributed by atoms with van der Waals surface area (Å²) in [6.07, 6.45) is 1.94. The number of benzene rings is 1. The van der Waals surface area contributed by atoms with Crippen LogP contribution < -0.4 is 5.32 Å². The number of para-hydroxylation sites is 1. The number of anilines is 1. The van der Waals surface area contributed by atoms with Crippen molar-refractivity contribution in [2.24, 2.45) is 0 Å². The summed E-state index contributed by atoms with van der Waals surface area (Å²) >= 11 is 6.96. The van der Waals surface area contributed by atoms with E-state index < -0.39 is 0 Å².